The van der Waals surface area contributed by atoms with Crippen molar-refractivity contribution < 1.29 is 14.4 Å². The van der Waals surface area contributed by atoms with Crippen LogP contribution in [0.1, 0.15) is 29.1 Å². The molecule has 1 aromatic rings. The second-order valence-corrected chi connectivity index (χ2v) is 3.22. The van der Waals surface area contributed by atoms with Gasteiger partial charge in [0.1, 0.15) is 0 Å². The SMILES string of the molecule is CCON1C(=O)c2ccccc2C1OC. The summed E-state index contributed by atoms with van der Waals surface area (Å²) < 4.78 is 5.25. The molecule has 1 atom stereocenters. The average Bonchev–Trinajstić information content (AvgIpc) is 2.54. The molecule has 1 heterocycles. The highest BCUT2D eigenvalue weighted by Gasteiger charge is 2.37. The van der Waals surface area contributed by atoms with Crippen molar-refractivity contribution in [1.29, 1.82) is 0 Å². The smallest absolute Gasteiger partial charge is 0.280 e. The zero-order chi connectivity index (χ0) is 10.8. The number of ether oxygens (including phenoxy) is 1. The molecule has 1 aliphatic rings. The van der Waals surface area contributed by atoms with Crippen LogP contribution in [0.2, 0.25) is 0 Å². The molecule has 0 fully saturated rings. The van der Waals surface area contributed by atoms with Crippen molar-refractivity contribution in [2.24, 2.45) is 0 Å². The fourth-order valence-electron chi connectivity index (χ4n) is 1.75. The van der Waals surface area contributed by atoms with E-state index in [1.807, 2.05) is 25.1 Å². The standard InChI is InChI=1S/C11H13NO3/c1-3-15-12-10(13)8-6-4-5-7-9(8)11(12)14-2/h4-7,11H,3H2,1-2H3. The van der Waals surface area contributed by atoms with Gasteiger partial charge < -0.3 is 4.74 Å². The number of methoxy groups -OCH3 is 1. The molecule has 0 radical (unpaired) electrons. The summed E-state index contributed by atoms with van der Waals surface area (Å²) >= 11 is 0. The summed E-state index contributed by atoms with van der Waals surface area (Å²) in [5, 5.41) is 1.28. The Bertz CT molecular complexity index is 378. The highest BCUT2D eigenvalue weighted by molar-refractivity contribution is 5.98. The minimum Gasteiger partial charge on any atom is -0.355 e. The van der Waals surface area contributed by atoms with Gasteiger partial charge in [-0.1, -0.05) is 18.2 Å². The summed E-state index contributed by atoms with van der Waals surface area (Å²) in [6.07, 6.45) is -0.423. The van der Waals surface area contributed by atoms with Crippen LogP contribution in [0.3, 0.4) is 0 Å². The molecule has 0 spiro atoms. The molecule has 2 rings (SSSR count). The molecule has 0 bridgehead atoms. The van der Waals surface area contributed by atoms with Gasteiger partial charge in [0, 0.05) is 18.2 Å². The van der Waals surface area contributed by atoms with Crippen LogP contribution in [0.4, 0.5) is 0 Å². The van der Waals surface area contributed by atoms with Gasteiger partial charge in [-0.2, -0.15) is 5.06 Å². The number of amides is 1. The van der Waals surface area contributed by atoms with E-state index >= 15 is 0 Å². The van der Waals surface area contributed by atoms with Crippen LogP contribution in [0.5, 0.6) is 0 Å². The average molecular weight is 207 g/mol. The fraction of sp³-hybridized carbons (Fsp3) is 0.364. The van der Waals surface area contributed by atoms with Crippen molar-refractivity contribution >= 4 is 5.91 Å². The number of carbonyl (C=O) groups is 1. The van der Waals surface area contributed by atoms with Crippen LogP contribution < -0.4 is 0 Å². The molecule has 0 N–H and O–H groups in total. The molecule has 4 heteroatoms. The van der Waals surface area contributed by atoms with Crippen LogP contribution in [-0.2, 0) is 9.57 Å². The highest BCUT2D eigenvalue weighted by atomic mass is 16.7. The Morgan fingerprint density at radius 3 is 2.80 bits per heavy atom. The van der Waals surface area contributed by atoms with Crippen molar-refractivity contribution in [3.63, 3.8) is 0 Å². The van der Waals surface area contributed by atoms with Gasteiger partial charge in [0.05, 0.1) is 6.61 Å². The Balaban J connectivity index is 2.39. The Kier molecular flexibility index (Phi) is 2.70. The van der Waals surface area contributed by atoms with Crippen LogP contribution in [-0.4, -0.2) is 24.7 Å². The summed E-state index contributed by atoms with van der Waals surface area (Å²) in [6.45, 7) is 2.28. The molecule has 15 heavy (non-hydrogen) atoms. The molecule has 0 aliphatic carbocycles. The van der Waals surface area contributed by atoms with Gasteiger partial charge in [0.25, 0.3) is 5.91 Å². The van der Waals surface area contributed by atoms with Crippen LogP contribution >= 0.6 is 0 Å². The van der Waals surface area contributed by atoms with Crippen molar-refractivity contribution in [3.05, 3.63) is 35.4 Å². The van der Waals surface area contributed by atoms with Crippen molar-refractivity contribution in [2.45, 2.75) is 13.2 Å². The van der Waals surface area contributed by atoms with Gasteiger partial charge in [-0.25, -0.2) is 0 Å². The van der Waals surface area contributed by atoms with Gasteiger partial charge in [-0.3, -0.25) is 9.63 Å². The van der Waals surface area contributed by atoms with Crippen LogP contribution in [0.15, 0.2) is 24.3 Å². The van der Waals surface area contributed by atoms with Gasteiger partial charge >= 0.3 is 0 Å². The van der Waals surface area contributed by atoms with Crippen LogP contribution in [0, 0.1) is 0 Å². The lowest BCUT2D eigenvalue weighted by molar-refractivity contribution is -0.204. The molecule has 80 valence electrons. The van der Waals surface area contributed by atoms with E-state index in [1.165, 1.54) is 5.06 Å². The van der Waals surface area contributed by atoms with Crippen molar-refractivity contribution in [2.75, 3.05) is 13.7 Å². The number of nitrogens with zero attached hydrogens (tertiary/aromatic N) is 1. The molecule has 4 nitrogen and oxygen atoms in total. The monoisotopic (exact) mass is 207 g/mol. The topological polar surface area (TPSA) is 38.8 Å². The summed E-state index contributed by atoms with van der Waals surface area (Å²) in [7, 11) is 1.56. The maximum atomic E-state index is 11.9. The van der Waals surface area contributed by atoms with Crippen molar-refractivity contribution in [1.82, 2.24) is 5.06 Å². The highest BCUT2D eigenvalue weighted by Crippen LogP contribution is 2.33. The number of carbonyl (C=O) groups excluding carboxylic acids is 1. The summed E-state index contributed by atoms with van der Waals surface area (Å²) in [5.74, 6) is -0.140. The van der Waals surface area contributed by atoms with Gasteiger partial charge in [0.2, 0.25) is 0 Å². The quantitative estimate of drug-likeness (QED) is 0.757. The van der Waals surface area contributed by atoms with E-state index in [4.69, 9.17) is 9.57 Å². The molecular formula is C11H13NO3. The first-order valence-corrected chi connectivity index (χ1v) is 4.87. The van der Waals surface area contributed by atoms with E-state index in [1.54, 1.807) is 13.2 Å². The molecule has 1 aliphatic heterocycles. The van der Waals surface area contributed by atoms with E-state index in [2.05, 4.69) is 0 Å². The fourth-order valence-corrected chi connectivity index (χ4v) is 1.75. The lowest BCUT2D eigenvalue weighted by Gasteiger charge is -2.21. The zero-order valence-electron chi connectivity index (χ0n) is 8.77. The normalized spacial score (nSPS) is 19.5. The first-order chi connectivity index (χ1) is 7.29. The summed E-state index contributed by atoms with van der Waals surface area (Å²) in [4.78, 5) is 17.1. The second kappa shape index (κ2) is 4.00. The molecule has 1 aromatic carbocycles. The van der Waals surface area contributed by atoms with Crippen LogP contribution in [0.25, 0.3) is 0 Å². The molecule has 0 aromatic heterocycles. The largest absolute Gasteiger partial charge is 0.355 e. The Morgan fingerprint density at radius 2 is 2.13 bits per heavy atom. The number of hydroxylamine groups is 2. The first-order valence-electron chi connectivity index (χ1n) is 4.87. The third-order valence-corrected chi connectivity index (χ3v) is 2.36. The molecule has 0 saturated heterocycles. The number of benzene rings is 1. The third kappa shape index (κ3) is 1.52. The first kappa shape index (κ1) is 10.1. The lowest BCUT2D eigenvalue weighted by atomic mass is 10.1. The Hall–Kier alpha value is -1.39. The predicted octanol–water partition coefficient (Wildman–Crippen LogP) is 1.74. The van der Waals surface area contributed by atoms with E-state index in [0.29, 0.717) is 12.2 Å². The number of fused-ring (bicyclic) bond motifs is 1. The number of rotatable bonds is 3. The molecular weight excluding hydrogens is 194 g/mol. The predicted molar refractivity (Wildman–Crippen MR) is 54.0 cm³/mol. The summed E-state index contributed by atoms with van der Waals surface area (Å²) in [5.41, 5.74) is 1.51. The lowest BCUT2D eigenvalue weighted by Crippen LogP contribution is -2.29. The van der Waals surface area contributed by atoms with E-state index in [0.717, 1.165) is 5.56 Å². The Labute approximate surface area is 88.4 Å². The van der Waals surface area contributed by atoms with E-state index in [9.17, 15) is 4.79 Å². The molecule has 1 amide bonds. The minimum atomic E-state index is -0.423. The molecule has 0 saturated carbocycles. The zero-order valence-corrected chi connectivity index (χ0v) is 8.77. The maximum Gasteiger partial charge on any atom is 0.280 e. The molecule has 1 unspecified atom stereocenters. The van der Waals surface area contributed by atoms with E-state index in [-0.39, 0.29) is 5.91 Å². The Morgan fingerprint density at radius 1 is 1.40 bits per heavy atom. The minimum absolute atomic E-state index is 0.140. The maximum absolute atomic E-state index is 11.9. The third-order valence-electron chi connectivity index (χ3n) is 2.36. The number of hydrogen-bond donors (Lipinski definition) is 0. The van der Waals surface area contributed by atoms with E-state index < -0.39 is 6.23 Å². The number of hydrogen-bond acceptors (Lipinski definition) is 3. The van der Waals surface area contributed by atoms with Gasteiger partial charge in [-0.15, -0.1) is 0 Å². The van der Waals surface area contributed by atoms with Gasteiger partial charge in [0.15, 0.2) is 6.23 Å². The van der Waals surface area contributed by atoms with Crippen molar-refractivity contribution in [3.8, 4) is 0 Å². The summed E-state index contributed by atoms with van der Waals surface area (Å²) in [6, 6.07) is 7.37. The van der Waals surface area contributed by atoms with Gasteiger partial charge in [-0.05, 0) is 13.0 Å². The second-order valence-electron chi connectivity index (χ2n) is 3.22.